The normalized spacial score (nSPS) is 28.2. The van der Waals surface area contributed by atoms with Gasteiger partial charge in [-0.3, -0.25) is 4.90 Å². The molecule has 0 amide bonds. The van der Waals surface area contributed by atoms with Crippen molar-refractivity contribution >= 4 is 9.84 Å². The third-order valence-corrected chi connectivity index (χ3v) is 6.59. The van der Waals surface area contributed by atoms with E-state index >= 15 is 0 Å². The molecule has 2 aliphatic rings. The zero-order valence-corrected chi connectivity index (χ0v) is 14.7. The Kier molecular flexibility index (Phi) is 6.09. The van der Waals surface area contributed by atoms with E-state index in [9.17, 15) is 8.42 Å². The van der Waals surface area contributed by atoms with Crippen molar-refractivity contribution in [2.75, 3.05) is 31.1 Å². The van der Waals surface area contributed by atoms with E-state index in [2.05, 4.69) is 24.1 Å². The molecule has 124 valence electrons. The van der Waals surface area contributed by atoms with E-state index in [1.807, 2.05) is 0 Å². The molecule has 0 spiro atoms. The van der Waals surface area contributed by atoms with Gasteiger partial charge in [0.05, 0.1) is 5.75 Å². The Morgan fingerprint density at radius 2 is 2.00 bits per heavy atom. The fraction of sp³-hybridized carbons (Fsp3) is 1.00. The van der Waals surface area contributed by atoms with Gasteiger partial charge in [-0.25, -0.2) is 8.42 Å². The molecule has 0 radical (unpaired) electrons. The van der Waals surface area contributed by atoms with E-state index < -0.39 is 9.84 Å². The molecule has 1 heterocycles. The van der Waals surface area contributed by atoms with Crippen LogP contribution in [0.1, 0.15) is 46.5 Å². The molecule has 2 rings (SSSR count). The Bertz CT molecular complexity index is 418. The highest BCUT2D eigenvalue weighted by Gasteiger charge is 2.38. The molecule has 2 unspecified atom stereocenters. The quantitative estimate of drug-likeness (QED) is 0.743. The van der Waals surface area contributed by atoms with Crippen molar-refractivity contribution in [1.29, 1.82) is 0 Å². The number of nitrogens with zero attached hydrogens (tertiary/aromatic N) is 1. The molecular formula is C16H32N2O2S. The minimum atomic E-state index is -2.82. The number of piperazine rings is 1. The molecule has 0 aromatic carbocycles. The summed E-state index contributed by atoms with van der Waals surface area (Å²) in [7, 11) is -2.82. The Morgan fingerprint density at radius 3 is 2.57 bits per heavy atom. The summed E-state index contributed by atoms with van der Waals surface area (Å²) in [6.45, 7) is 9.40. The van der Waals surface area contributed by atoms with E-state index in [-0.39, 0.29) is 5.75 Å². The monoisotopic (exact) mass is 316 g/mol. The Labute approximate surface area is 130 Å². The summed E-state index contributed by atoms with van der Waals surface area (Å²) >= 11 is 0. The second-order valence-electron chi connectivity index (χ2n) is 7.22. The zero-order valence-electron chi connectivity index (χ0n) is 13.8. The number of hydrogen-bond donors (Lipinski definition) is 1. The van der Waals surface area contributed by atoms with Crippen LogP contribution >= 0.6 is 0 Å². The lowest BCUT2D eigenvalue weighted by Gasteiger charge is -2.41. The van der Waals surface area contributed by atoms with Gasteiger partial charge in [0.15, 0.2) is 0 Å². The van der Waals surface area contributed by atoms with Gasteiger partial charge >= 0.3 is 0 Å². The predicted octanol–water partition coefficient (Wildman–Crippen LogP) is 1.91. The van der Waals surface area contributed by atoms with Gasteiger partial charge in [-0.2, -0.15) is 0 Å². The van der Waals surface area contributed by atoms with Crippen molar-refractivity contribution < 1.29 is 8.42 Å². The lowest BCUT2D eigenvalue weighted by molar-refractivity contribution is 0.108. The summed E-state index contributed by atoms with van der Waals surface area (Å²) < 4.78 is 23.3. The van der Waals surface area contributed by atoms with Gasteiger partial charge in [0.2, 0.25) is 0 Å². The summed E-state index contributed by atoms with van der Waals surface area (Å²) in [6.07, 6.45) is 4.70. The SMILES string of the molecule is CCS(=O)(=O)CCCN1CC(CC(C)C)NCC1C1CC1. The lowest BCUT2D eigenvalue weighted by Crippen LogP contribution is -2.57. The van der Waals surface area contributed by atoms with Gasteiger partial charge in [-0.1, -0.05) is 20.8 Å². The molecule has 0 bridgehead atoms. The summed E-state index contributed by atoms with van der Waals surface area (Å²) in [5, 5.41) is 3.71. The molecule has 21 heavy (non-hydrogen) atoms. The van der Waals surface area contributed by atoms with Gasteiger partial charge in [-0.15, -0.1) is 0 Å². The van der Waals surface area contributed by atoms with Gasteiger partial charge in [0, 0.05) is 30.9 Å². The minimum absolute atomic E-state index is 0.274. The fourth-order valence-corrected chi connectivity index (χ4v) is 4.32. The third kappa shape index (κ3) is 5.53. The lowest BCUT2D eigenvalue weighted by atomic mass is 9.98. The van der Waals surface area contributed by atoms with Crippen LogP contribution in [0.5, 0.6) is 0 Å². The van der Waals surface area contributed by atoms with Crippen molar-refractivity contribution in [1.82, 2.24) is 10.2 Å². The second kappa shape index (κ2) is 7.42. The van der Waals surface area contributed by atoms with Crippen LogP contribution in [0, 0.1) is 11.8 Å². The Balaban J connectivity index is 1.85. The van der Waals surface area contributed by atoms with E-state index in [1.165, 1.54) is 19.3 Å². The molecule has 0 aromatic rings. The molecule has 1 N–H and O–H groups in total. The van der Waals surface area contributed by atoms with E-state index in [0.717, 1.165) is 32.0 Å². The molecule has 5 heteroatoms. The summed E-state index contributed by atoms with van der Waals surface area (Å²) in [5.74, 6) is 2.18. The molecule has 0 aromatic heterocycles. The van der Waals surface area contributed by atoms with Gasteiger partial charge in [0.1, 0.15) is 9.84 Å². The van der Waals surface area contributed by atoms with Crippen LogP contribution < -0.4 is 5.32 Å². The maximum absolute atomic E-state index is 11.6. The smallest absolute Gasteiger partial charge is 0.150 e. The first-order valence-corrected chi connectivity index (χ1v) is 10.4. The molecule has 2 atom stereocenters. The Morgan fingerprint density at radius 1 is 1.29 bits per heavy atom. The zero-order chi connectivity index (χ0) is 15.5. The molecule has 4 nitrogen and oxygen atoms in total. The van der Waals surface area contributed by atoms with Crippen LogP contribution in [0.25, 0.3) is 0 Å². The number of hydrogen-bond acceptors (Lipinski definition) is 4. The van der Waals surface area contributed by atoms with Crippen LogP contribution in [0.2, 0.25) is 0 Å². The van der Waals surface area contributed by atoms with Gasteiger partial charge in [0.25, 0.3) is 0 Å². The van der Waals surface area contributed by atoms with Gasteiger partial charge < -0.3 is 5.32 Å². The maximum Gasteiger partial charge on any atom is 0.150 e. The maximum atomic E-state index is 11.6. The molecule has 1 aliphatic carbocycles. The van der Waals surface area contributed by atoms with Crippen molar-refractivity contribution in [2.24, 2.45) is 11.8 Å². The van der Waals surface area contributed by atoms with Crippen molar-refractivity contribution in [2.45, 2.75) is 58.5 Å². The average Bonchev–Trinajstić information content (AvgIpc) is 3.22. The molecule has 1 aliphatic heterocycles. The predicted molar refractivity (Wildman–Crippen MR) is 88.3 cm³/mol. The first kappa shape index (κ1) is 17.2. The van der Waals surface area contributed by atoms with Crippen LogP contribution in [0.3, 0.4) is 0 Å². The topological polar surface area (TPSA) is 49.4 Å². The van der Waals surface area contributed by atoms with E-state index in [0.29, 0.717) is 23.8 Å². The fourth-order valence-electron chi connectivity index (χ4n) is 3.46. The highest BCUT2D eigenvalue weighted by atomic mass is 32.2. The van der Waals surface area contributed by atoms with Crippen LogP contribution in [0.15, 0.2) is 0 Å². The molecular weight excluding hydrogens is 284 g/mol. The summed E-state index contributed by atoms with van der Waals surface area (Å²) in [4.78, 5) is 2.58. The van der Waals surface area contributed by atoms with Crippen LogP contribution in [0.4, 0.5) is 0 Å². The molecule has 1 saturated carbocycles. The number of rotatable bonds is 8. The largest absolute Gasteiger partial charge is 0.311 e. The van der Waals surface area contributed by atoms with Crippen LogP contribution in [-0.2, 0) is 9.84 Å². The average molecular weight is 317 g/mol. The van der Waals surface area contributed by atoms with Gasteiger partial charge in [-0.05, 0) is 44.1 Å². The van der Waals surface area contributed by atoms with E-state index in [1.54, 1.807) is 6.92 Å². The van der Waals surface area contributed by atoms with E-state index in [4.69, 9.17) is 0 Å². The first-order chi connectivity index (χ1) is 9.91. The second-order valence-corrected chi connectivity index (χ2v) is 9.70. The van der Waals surface area contributed by atoms with Crippen molar-refractivity contribution in [3.05, 3.63) is 0 Å². The molecule has 1 saturated heterocycles. The Hall–Kier alpha value is -0.130. The minimum Gasteiger partial charge on any atom is -0.311 e. The first-order valence-electron chi connectivity index (χ1n) is 8.59. The third-order valence-electron chi connectivity index (χ3n) is 4.80. The standard InChI is InChI=1S/C16H32N2O2S/c1-4-21(19,20)9-5-8-18-12-15(10-13(2)3)17-11-16(18)14-6-7-14/h13-17H,4-12H2,1-3H3. The van der Waals surface area contributed by atoms with Crippen molar-refractivity contribution in [3.8, 4) is 0 Å². The van der Waals surface area contributed by atoms with Crippen LogP contribution in [-0.4, -0.2) is 56.5 Å². The molecule has 2 fully saturated rings. The highest BCUT2D eigenvalue weighted by Crippen LogP contribution is 2.36. The summed E-state index contributed by atoms with van der Waals surface area (Å²) in [5.41, 5.74) is 0. The summed E-state index contributed by atoms with van der Waals surface area (Å²) in [6, 6.07) is 1.21. The highest BCUT2D eigenvalue weighted by molar-refractivity contribution is 7.91. The number of sulfone groups is 1. The van der Waals surface area contributed by atoms with Crippen molar-refractivity contribution in [3.63, 3.8) is 0 Å². The number of nitrogens with one attached hydrogen (secondary N) is 1.